The quantitative estimate of drug-likeness (QED) is 0.236. The molecule has 1 atom stereocenters. The summed E-state index contributed by atoms with van der Waals surface area (Å²) in [4.78, 5) is 12.2. The maximum Gasteiger partial charge on any atom is 0.422 e. The number of carbonyl (C=O) groups excluding carboxylic acids is 1. The summed E-state index contributed by atoms with van der Waals surface area (Å²) in [5.74, 6) is -0.568. The second-order valence-corrected chi connectivity index (χ2v) is 10.2. The van der Waals surface area contributed by atoms with Gasteiger partial charge in [0.1, 0.15) is 12.7 Å². The maximum atomic E-state index is 12.4. The molecule has 0 heterocycles. The van der Waals surface area contributed by atoms with Crippen molar-refractivity contribution in [2.24, 2.45) is 0 Å². The van der Waals surface area contributed by atoms with Gasteiger partial charge >= 0.3 is 6.09 Å². The van der Waals surface area contributed by atoms with Crippen LogP contribution in [0.5, 0.6) is 0 Å². The van der Waals surface area contributed by atoms with Crippen LogP contribution in [0.2, 0.25) is 0 Å². The summed E-state index contributed by atoms with van der Waals surface area (Å²) in [6, 6.07) is 14.6. The highest BCUT2D eigenvalue weighted by molar-refractivity contribution is 7.90. The number of halogens is 3. The lowest BCUT2D eigenvalue weighted by molar-refractivity contribution is 0.125. The molecular weight excluding hydrogens is 487 g/mol. The number of hydrogen-bond donors (Lipinski definition) is 2. The fraction of sp³-hybridized carbons (Fsp3) is 0.200. The largest absolute Gasteiger partial charge is 0.474 e. The molecule has 31 heavy (non-hydrogen) atoms. The highest BCUT2D eigenvalue weighted by Crippen LogP contribution is 2.27. The number of hydrogen-bond acceptors (Lipinski definition) is 6. The molecular formula is C20H19Cl3N2O5S. The number of aryl methyl sites for hydroxylation is 1. The van der Waals surface area contributed by atoms with Crippen LogP contribution in [0.4, 0.5) is 4.79 Å². The lowest BCUT2D eigenvalue weighted by atomic mass is 10.1. The molecule has 0 aliphatic rings. The SMILES string of the molecule is Cc1ccc(S(=O)(=O)NC(=O)OC(/C=C/COC(=N)C(Cl)(Cl)Cl)c2ccccc2)cc1. The van der Waals surface area contributed by atoms with Crippen molar-refractivity contribution < 1.29 is 22.7 Å². The molecule has 11 heteroatoms. The molecule has 0 aliphatic carbocycles. The van der Waals surface area contributed by atoms with E-state index in [9.17, 15) is 13.2 Å². The molecule has 2 rings (SSSR count). The Hall–Kier alpha value is -2.26. The van der Waals surface area contributed by atoms with E-state index in [0.717, 1.165) is 5.56 Å². The number of nitrogens with one attached hydrogen (secondary N) is 2. The fourth-order valence-corrected chi connectivity index (χ4v) is 3.32. The monoisotopic (exact) mass is 504 g/mol. The molecule has 0 spiro atoms. The van der Waals surface area contributed by atoms with Gasteiger partial charge in [0, 0.05) is 0 Å². The van der Waals surface area contributed by atoms with Crippen LogP contribution in [0.15, 0.2) is 71.6 Å². The summed E-state index contributed by atoms with van der Waals surface area (Å²) in [6.45, 7) is 1.68. The van der Waals surface area contributed by atoms with Crippen molar-refractivity contribution in [3.8, 4) is 0 Å². The summed E-state index contributed by atoms with van der Waals surface area (Å²) in [7, 11) is -4.10. The molecule has 0 bridgehead atoms. The minimum Gasteiger partial charge on any atom is -0.474 e. The van der Waals surface area contributed by atoms with Gasteiger partial charge in [0.2, 0.25) is 5.90 Å². The lowest BCUT2D eigenvalue weighted by Crippen LogP contribution is -2.32. The average molecular weight is 506 g/mol. The zero-order chi connectivity index (χ0) is 23.1. The minimum atomic E-state index is -4.10. The van der Waals surface area contributed by atoms with Crippen molar-refractivity contribution in [1.29, 1.82) is 5.41 Å². The van der Waals surface area contributed by atoms with Crippen molar-refractivity contribution in [3.63, 3.8) is 0 Å². The minimum absolute atomic E-state index is 0.0690. The van der Waals surface area contributed by atoms with Crippen LogP contribution < -0.4 is 4.72 Å². The van der Waals surface area contributed by atoms with Gasteiger partial charge < -0.3 is 9.47 Å². The van der Waals surface area contributed by atoms with Gasteiger partial charge in [0.15, 0.2) is 0 Å². The molecule has 0 fully saturated rings. The molecule has 2 aromatic carbocycles. The molecule has 7 nitrogen and oxygen atoms in total. The van der Waals surface area contributed by atoms with Gasteiger partial charge in [-0.2, -0.15) is 0 Å². The van der Waals surface area contributed by atoms with Crippen LogP contribution in [0.25, 0.3) is 0 Å². The first-order valence-corrected chi connectivity index (χ1v) is 11.4. The van der Waals surface area contributed by atoms with Crippen molar-refractivity contribution in [3.05, 3.63) is 77.9 Å². The zero-order valence-electron chi connectivity index (χ0n) is 16.2. The maximum absolute atomic E-state index is 12.4. The smallest absolute Gasteiger partial charge is 0.422 e. The van der Waals surface area contributed by atoms with Crippen LogP contribution in [0.3, 0.4) is 0 Å². The number of ether oxygens (including phenoxy) is 2. The van der Waals surface area contributed by atoms with Gasteiger partial charge in [0.05, 0.1) is 4.90 Å². The molecule has 0 aliphatic heterocycles. The molecule has 1 amide bonds. The van der Waals surface area contributed by atoms with E-state index >= 15 is 0 Å². The zero-order valence-corrected chi connectivity index (χ0v) is 19.3. The van der Waals surface area contributed by atoms with Crippen LogP contribution in [-0.2, 0) is 19.5 Å². The molecule has 0 aromatic heterocycles. The van der Waals surface area contributed by atoms with E-state index in [2.05, 4.69) is 0 Å². The normalized spacial score (nSPS) is 12.9. The Morgan fingerprint density at radius 1 is 1.13 bits per heavy atom. The Bertz CT molecular complexity index is 1040. The number of benzene rings is 2. The summed E-state index contributed by atoms with van der Waals surface area (Å²) < 4.78 is 35.0. The van der Waals surface area contributed by atoms with Crippen LogP contribution >= 0.6 is 34.8 Å². The van der Waals surface area contributed by atoms with Crippen molar-refractivity contribution in [2.45, 2.75) is 21.7 Å². The first kappa shape index (κ1) is 25.0. The van der Waals surface area contributed by atoms with Crippen LogP contribution in [0.1, 0.15) is 17.2 Å². The van der Waals surface area contributed by atoms with Gasteiger partial charge in [0.25, 0.3) is 13.8 Å². The Kier molecular flexibility index (Phi) is 8.76. The van der Waals surface area contributed by atoms with Gasteiger partial charge in [-0.25, -0.2) is 17.9 Å². The van der Waals surface area contributed by atoms with Crippen molar-refractivity contribution in [2.75, 3.05) is 6.61 Å². The van der Waals surface area contributed by atoms with E-state index in [-0.39, 0.29) is 11.5 Å². The van der Waals surface area contributed by atoms with Crippen LogP contribution in [-0.4, -0.2) is 30.8 Å². The Balaban J connectivity index is 2.09. The Morgan fingerprint density at radius 2 is 1.74 bits per heavy atom. The van der Waals surface area contributed by atoms with E-state index in [4.69, 9.17) is 49.7 Å². The van der Waals surface area contributed by atoms with E-state index in [1.807, 2.05) is 11.6 Å². The summed E-state index contributed by atoms with van der Waals surface area (Å²) >= 11 is 16.6. The predicted molar refractivity (Wildman–Crippen MR) is 120 cm³/mol. The topological polar surface area (TPSA) is 106 Å². The number of rotatable bonds is 7. The summed E-state index contributed by atoms with van der Waals surface area (Å²) in [6.07, 6.45) is 0.817. The third-order valence-corrected chi connectivity index (χ3v) is 5.65. The van der Waals surface area contributed by atoms with Gasteiger partial charge in [-0.3, -0.25) is 5.41 Å². The van der Waals surface area contributed by atoms with E-state index in [1.165, 1.54) is 24.3 Å². The highest BCUT2D eigenvalue weighted by Gasteiger charge is 2.28. The number of sulfonamides is 1. The molecule has 2 N–H and O–H groups in total. The van der Waals surface area contributed by atoms with E-state index < -0.39 is 31.9 Å². The molecule has 0 saturated carbocycles. The summed E-state index contributed by atoms with van der Waals surface area (Å²) in [5, 5.41) is 7.48. The lowest BCUT2D eigenvalue weighted by Gasteiger charge is -2.16. The van der Waals surface area contributed by atoms with Gasteiger partial charge in [-0.05, 0) is 36.8 Å². The predicted octanol–water partition coefficient (Wildman–Crippen LogP) is 5.07. The fourth-order valence-electron chi connectivity index (χ4n) is 2.28. The second-order valence-electron chi connectivity index (χ2n) is 6.22. The first-order chi connectivity index (χ1) is 14.5. The van der Waals surface area contributed by atoms with E-state index in [0.29, 0.717) is 5.56 Å². The van der Waals surface area contributed by atoms with Crippen LogP contribution in [0, 0.1) is 12.3 Å². The standard InChI is InChI=1S/C20H19Cl3N2O5S/c1-14-9-11-16(12-10-14)31(27,28)25-19(26)30-17(15-6-3-2-4-7-15)8-5-13-29-18(24)20(21,22)23/h2-12,17,24H,13H2,1H3,(H,25,26)/b8-5+,24-18?. The van der Waals surface area contributed by atoms with Gasteiger partial charge in [-0.15, -0.1) is 0 Å². The number of carbonyl (C=O) groups is 1. The molecule has 1 unspecified atom stereocenters. The molecule has 0 saturated heterocycles. The third kappa shape index (κ3) is 8.06. The first-order valence-electron chi connectivity index (χ1n) is 8.79. The van der Waals surface area contributed by atoms with E-state index in [1.54, 1.807) is 42.5 Å². The highest BCUT2D eigenvalue weighted by atomic mass is 35.6. The summed E-state index contributed by atoms with van der Waals surface area (Å²) in [5.41, 5.74) is 1.46. The van der Waals surface area contributed by atoms with Crippen molar-refractivity contribution in [1.82, 2.24) is 4.72 Å². The second kappa shape index (κ2) is 10.9. The number of alkyl halides is 3. The Labute approximate surface area is 195 Å². The molecule has 166 valence electrons. The van der Waals surface area contributed by atoms with Crippen molar-refractivity contribution >= 4 is 56.8 Å². The molecule has 0 radical (unpaired) electrons. The van der Waals surface area contributed by atoms with Gasteiger partial charge in [-0.1, -0.05) is 82.8 Å². The third-order valence-electron chi connectivity index (χ3n) is 3.80. The average Bonchev–Trinajstić information content (AvgIpc) is 2.70. The molecule has 2 aromatic rings. The Morgan fingerprint density at radius 3 is 2.32 bits per heavy atom. The number of amides is 1.